The van der Waals surface area contributed by atoms with E-state index < -0.39 is 5.97 Å². The number of benzene rings is 2. The first kappa shape index (κ1) is 13.3. The molecule has 1 N–H and O–H groups in total. The number of fused-ring (bicyclic) bond motifs is 3. The molecule has 0 aliphatic carbocycles. The van der Waals surface area contributed by atoms with Crippen LogP contribution < -0.4 is 0 Å². The Hall–Kier alpha value is -1.71. The van der Waals surface area contributed by atoms with Gasteiger partial charge in [0.2, 0.25) is 0 Å². The lowest BCUT2D eigenvalue weighted by Crippen LogP contribution is -2.03. The molecule has 0 bridgehead atoms. The zero-order valence-corrected chi connectivity index (χ0v) is 12.0. The molecule has 1 heterocycles. The summed E-state index contributed by atoms with van der Waals surface area (Å²) in [5.41, 5.74) is 3.36. The Bertz CT molecular complexity index is 738. The van der Waals surface area contributed by atoms with Crippen molar-refractivity contribution >= 4 is 29.2 Å². The van der Waals surface area contributed by atoms with Crippen LogP contribution in [0.4, 0.5) is 0 Å². The van der Waals surface area contributed by atoms with E-state index in [1.165, 1.54) is 6.07 Å². The molecule has 0 atom stereocenters. The Morgan fingerprint density at radius 3 is 2.50 bits per heavy atom. The molecule has 2 aromatic rings. The van der Waals surface area contributed by atoms with Crippen LogP contribution in [0.2, 0.25) is 10.0 Å². The number of hydrogen-bond acceptors (Lipinski definition) is 3. The van der Waals surface area contributed by atoms with Crippen LogP contribution in [0.25, 0.3) is 11.1 Å². The number of carbonyl (C=O) groups excluding carboxylic acids is 1. The van der Waals surface area contributed by atoms with Gasteiger partial charge in [0, 0.05) is 10.6 Å². The molecule has 0 spiro atoms. The van der Waals surface area contributed by atoms with Gasteiger partial charge in [-0.25, -0.2) is 4.79 Å². The molecule has 1 aliphatic rings. The van der Waals surface area contributed by atoms with Crippen molar-refractivity contribution in [2.45, 2.75) is 13.5 Å². The number of esters is 1. The summed E-state index contributed by atoms with van der Waals surface area (Å²) in [5, 5.41) is 10.5. The number of ether oxygens (including phenoxy) is 1. The predicted octanol–water partition coefficient (Wildman–Crippen LogP) is 4.34. The largest absolute Gasteiger partial charge is 0.506 e. The van der Waals surface area contributed by atoms with Gasteiger partial charge in [-0.1, -0.05) is 23.2 Å². The zero-order valence-electron chi connectivity index (χ0n) is 10.5. The highest BCUT2D eigenvalue weighted by molar-refractivity contribution is 6.33. The SMILES string of the molecule is Cc1cc2c(cc1Cl)-c1cc(Cl)c(O)cc1COC2=O. The second-order valence-electron chi connectivity index (χ2n) is 4.68. The highest BCUT2D eigenvalue weighted by Crippen LogP contribution is 2.39. The van der Waals surface area contributed by atoms with E-state index in [0.29, 0.717) is 21.7 Å². The van der Waals surface area contributed by atoms with Gasteiger partial charge in [0.1, 0.15) is 12.4 Å². The highest BCUT2D eigenvalue weighted by atomic mass is 35.5. The standard InChI is InChI=1S/C15H10Cl2O3/c1-7-2-11-10(5-12(7)16)9-4-13(17)14(18)3-8(9)6-20-15(11)19/h2-5,18H,6H2,1H3. The van der Waals surface area contributed by atoms with Crippen LogP contribution in [-0.2, 0) is 11.3 Å². The van der Waals surface area contributed by atoms with Crippen molar-refractivity contribution in [3.05, 3.63) is 51.0 Å². The maximum atomic E-state index is 12.0. The Balaban J connectivity index is 2.35. The molecule has 0 saturated heterocycles. The third-order valence-corrected chi connectivity index (χ3v) is 4.05. The van der Waals surface area contributed by atoms with Crippen molar-refractivity contribution in [3.8, 4) is 16.9 Å². The van der Waals surface area contributed by atoms with E-state index in [1.807, 2.05) is 6.92 Å². The molecule has 1 aliphatic heterocycles. The molecule has 0 amide bonds. The lowest BCUT2D eigenvalue weighted by atomic mass is 9.95. The molecule has 0 aromatic heterocycles. The molecule has 102 valence electrons. The number of carbonyl (C=O) groups is 1. The number of phenolic OH excluding ortho intramolecular Hbond substituents is 1. The summed E-state index contributed by atoms with van der Waals surface area (Å²) in [6, 6.07) is 6.56. The van der Waals surface area contributed by atoms with Gasteiger partial charge in [0.25, 0.3) is 0 Å². The summed E-state index contributed by atoms with van der Waals surface area (Å²) in [4.78, 5) is 12.0. The molecule has 2 aromatic carbocycles. The minimum atomic E-state index is -0.411. The van der Waals surface area contributed by atoms with E-state index in [2.05, 4.69) is 0 Å². The number of aryl methyl sites for hydroxylation is 1. The van der Waals surface area contributed by atoms with E-state index >= 15 is 0 Å². The molecule has 0 radical (unpaired) electrons. The fourth-order valence-electron chi connectivity index (χ4n) is 2.27. The average Bonchev–Trinajstić information content (AvgIpc) is 2.52. The predicted molar refractivity (Wildman–Crippen MR) is 77.4 cm³/mol. The molecule has 3 rings (SSSR count). The first-order valence-electron chi connectivity index (χ1n) is 5.96. The van der Waals surface area contributed by atoms with Gasteiger partial charge >= 0.3 is 5.97 Å². The monoisotopic (exact) mass is 308 g/mol. The molecule has 0 fully saturated rings. The number of hydrogen-bond donors (Lipinski definition) is 1. The lowest BCUT2D eigenvalue weighted by molar-refractivity contribution is 0.0478. The third kappa shape index (κ3) is 2.03. The van der Waals surface area contributed by atoms with Gasteiger partial charge in [-0.2, -0.15) is 0 Å². The summed E-state index contributed by atoms with van der Waals surface area (Å²) >= 11 is 12.1. The van der Waals surface area contributed by atoms with Crippen molar-refractivity contribution in [3.63, 3.8) is 0 Å². The molecule has 20 heavy (non-hydrogen) atoms. The van der Waals surface area contributed by atoms with Gasteiger partial charge in [0.05, 0.1) is 10.6 Å². The topological polar surface area (TPSA) is 46.5 Å². The van der Waals surface area contributed by atoms with E-state index in [9.17, 15) is 9.90 Å². The molecule has 5 heteroatoms. The van der Waals surface area contributed by atoms with Gasteiger partial charge in [-0.05, 0) is 47.9 Å². The summed E-state index contributed by atoms with van der Waals surface area (Å²) in [6.45, 7) is 1.91. The Morgan fingerprint density at radius 1 is 1.05 bits per heavy atom. The summed E-state index contributed by atoms with van der Waals surface area (Å²) in [5.74, 6) is -0.449. The lowest BCUT2D eigenvalue weighted by Gasteiger charge is -2.10. The van der Waals surface area contributed by atoms with Crippen molar-refractivity contribution in [1.82, 2.24) is 0 Å². The van der Waals surface area contributed by atoms with Gasteiger partial charge in [-0.15, -0.1) is 0 Å². The van der Waals surface area contributed by atoms with Crippen LogP contribution in [-0.4, -0.2) is 11.1 Å². The zero-order chi connectivity index (χ0) is 14.4. The van der Waals surface area contributed by atoms with Crippen LogP contribution in [0.15, 0.2) is 24.3 Å². The van der Waals surface area contributed by atoms with E-state index in [0.717, 1.165) is 11.1 Å². The maximum Gasteiger partial charge on any atom is 0.339 e. The number of rotatable bonds is 0. The third-order valence-electron chi connectivity index (χ3n) is 3.34. The van der Waals surface area contributed by atoms with Crippen molar-refractivity contribution < 1.29 is 14.6 Å². The second kappa shape index (κ2) is 4.69. The van der Waals surface area contributed by atoms with Gasteiger partial charge in [-0.3, -0.25) is 0 Å². The van der Waals surface area contributed by atoms with Crippen molar-refractivity contribution in [1.29, 1.82) is 0 Å². The second-order valence-corrected chi connectivity index (χ2v) is 5.50. The molecule has 0 unspecified atom stereocenters. The number of halogens is 2. The number of phenols is 1. The van der Waals surface area contributed by atoms with E-state index in [-0.39, 0.29) is 17.4 Å². The van der Waals surface area contributed by atoms with Crippen LogP contribution in [0.1, 0.15) is 21.5 Å². The fraction of sp³-hybridized carbons (Fsp3) is 0.133. The van der Waals surface area contributed by atoms with Crippen LogP contribution in [0.5, 0.6) is 5.75 Å². The smallest absolute Gasteiger partial charge is 0.339 e. The van der Waals surface area contributed by atoms with Crippen LogP contribution in [0, 0.1) is 6.92 Å². The average molecular weight is 309 g/mol. The maximum absolute atomic E-state index is 12.0. The minimum Gasteiger partial charge on any atom is -0.506 e. The Morgan fingerprint density at radius 2 is 1.75 bits per heavy atom. The van der Waals surface area contributed by atoms with Crippen LogP contribution >= 0.6 is 23.2 Å². The van der Waals surface area contributed by atoms with Crippen molar-refractivity contribution in [2.24, 2.45) is 0 Å². The summed E-state index contributed by atoms with van der Waals surface area (Å²) in [7, 11) is 0. The van der Waals surface area contributed by atoms with Gasteiger partial charge in [0.15, 0.2) is 0 Å². The molecular weight excluding hydrogens is 299 g/mol. The normalized spacial score (nSPS) is 13.2. The Kier molecular flexibility index (Phi) is 3.11. The quantitative estimate of drug-likeness (QED) is 0.736. The minimum absolute atomic E-state index is 0.0388. The molecular formula is C15H10Cl2O3. The highest BCUT2D eigenvalue weighted by Gasteiger charge is 2.23. The fourth-order valence-corrected chi connectivity index (χ4v) is 2.60. The summed E-state index contributed by atoms with van der Waals surface area (Å²) < 4.78 is 5.21. The Labute approximate surface area is 125 Å². The van der Waals surface area contributed by atoms with E-state index in [4.69, 9.17) is 27.9 Å². The number of aromatic hydroxyl groups is 1. The molecule has 3 nitrogen and oxygen atoms in total. The van der Waals surface area contributed by atoms with Crippen molar-refractivity contribution in [2.75, 3.05) is 0 Å². The van der Waals surface area contributed by atoms with Crippen LogP contribution in [0.3, 0.4) is 0 Å². The van der Waals surface area contributed by atoms with E-state index in [1.54, 1.807) is 18.2 Å². The van der Waals surface area contributed by atoms with Gasteiger partial charge < -0.3 is 9.84 Å². The number of cyclic esters (lactones) is 1. The first-order valence-corrected chi connectivity index (χ1v) is 6.72. The molecule has 0 saturated carbocycles. The first-order chi connectivity index (χ1) is 9.47. The summed E-state index contributed by atoms with van der Waals surface area (Å²) in [6.07, 6.45) is 0.